The monoisotopic (exact) mass is 254 g/mol. The Morgan fingerprint density at radius 1 is 1.11 bits per heavy atom. The van der Waals surface area contributed by atoms with Crippen LogP contribution in [0.1, 0.15) is 11.1 Å². The van der Waals surface area contributed by atoms with Gasteiger partial charge in [-0.25, -0.2) is 4.98 Å². The Bertz CT molecular complexity index is 695. The number of hydrogen-bond donors (Lipinski definition) is 1. The van der Waals surface area contributed by atoms with Gasteiger partial charge in [0.15, 0.2) is 0 Å². The maximum atomic E-state index is 6.17. The molecule has 0 saturated heterocycles. The van der Waals surface area contributed by atoms with Gasteiger partial charge in [0.1, 0.15) is 5.01 Å². The number of rotatable bonds is 1. The fourth-order valence-corrected chi connectivity index (χ4v) is 3.14. The van der Waals surface area contributed by atoms with Crippen molar-refractivity contribution in [1.82, 2.24) is 4.98 Å². The van der Waals surface area contributed by atoms with Gasteiger partial charge in [-0.2, -0.15) is 0 Å². The van der Waals surface area contributed by atoms with Crippen LogP contribution in [0.25, 0.3) is 20.8 Å². The molecule has 0 fully saturated rings. The van der Waals surface area contributed by atoms with Crippen molar-refractivity contribution >= 4 is 27.2 Å². The van der Waals surface area contributed by atoms with Crippen LogP contribution >= 0.6 is 11.3 Å². The van der Waals surface area contributed by atoms with E-state index in [-0.39, 0.29) is 0 Å². The standard InChI is InChI=1S/C15H14N2S/c1-9-7-10(2)14(16)11(8-9)15-17-12-5-3-4-6-13(12)18-15/h3-8H,16H2,1-2H3. The summed E-state index contributed by atoms with van der Waals surface area (Å²) in [5.74, 6) is 0. The Labute approximate surface area is 110 Å². The number of nitrogen functional groups attached to an aromatic ring is 1. The van der Waals surface area contributed by atoms with Gasteiger partial charge in [0.2, 0.25) is 0 Å². The van der Waals surface area contributed by atoms with Gasteiger partial charge in [0, 0.05) is 11.3 Å². The molecule has 0 aliphatic carbocycles. The van der Waals surface area contributed by atoms with Crippen LogP contribution in [0.15, 0.2) is 36.4 Å². The van der Waals surface area contributed by atoms with E-state index in [9.17, 15) is 0 Å². The Kier molecular flexibility index (Phi) is 2.56. The summed E-state index contributed by atoms with van der Waals surface area (Å²) in [5, 5.41) is 1.00. The summed E-state index contributed by atoms with van der Waals surface area (Å²) in [6.45, 7) is 4.13. The summed E-state index contributed by atoms with van der Waals surface area (Å²) in [7, 11) is 0. The van der Waals surface area contributed by atoms with E-state index < -0.39 is 0 Å². The van der Waals surface area contributed by atoms with E-state index in [1.165, 1.54) is 10.3 Å². The zero-order chi connectivity index (χ0) is 12.7. The fraction of sp³-hybridized carbons (Fsp3) is 0.133. The van der Waals surface area contributed by atoms with E-state index in [1.807, 2.05) is 25.1 Å². The largest absolute Gasteiger partial charge is 0.398 e. The molecule has 0 radical (unpaired) electrons. The van der Waals surface area contributed by atoms with Crippen LogP contribution < -0.4 is 5.73 Å². The average Bonchev–Trinajstić information content (AvgIpc) is 2.77. The van der Waals surface area contributed by atoms with Gasteiger partial charge >= 0.3 is 0 Å². The minimum atomic E-state index is 0.833. The first-order valence-electron chi connectivity index (χ1n) is 5.88. The number of anilines is 1. The second-order valence-corrected chi connectivity index (χ2v) is 5.56. The third-order valence-corrected chi connectivity index (χ3v) is 4.13. The molecule has 3 rings (SSSR count). The van der Waals surface area contributed by atoms with Gasteiger partial charge in [0.05, 0.1) is 10.2 Å². The van der Waals surface area contributed by atoms with E-state index in [2.05, 4.69) is 30.1 Å². The molecule has 0 atom stereocenters. The molecule has 1 aromatic heterocycles. The molecular weight excluding hydrogens is 240 g/mol. The van der Waals surface area contributed by atoms with Crippen molar-refractivity contribution < 1.29 is 0 Å². The Morgan fingerprint density at radius 3 is 2.67 bits per heavy atom. The number of fused-ring (bicyclic) bond motifs is 1. The van der Waals surface area contributed by atoms with Crippen molar-refractivity contribution in [3.63, 3.8) is 0 Å². The summed E-state index contributed by atoms with van der Waals surface area (Å²) < 4.78 is 1.20. The molecule has 0 saturated carbocycles. The molecule has 3 aromatic rings. The van der Waals surface area contributed by atoms with E-state index >= 15 is 0 Å². The summed E-state index contributed by atoms with van der Waals surface area (Å²) >= 11 is 1.69. The molecule has 0 bridgehead atoms. The number of nitrogens with zero attached hydrogens (tertiary/aromatic N) is 1. The highest BCUT2D eigenvalue weighted by molar-refractivity contribution is 7.21. The Morgan fingerprint density at radius 2 is 1.89 bits per heavy atom. The van der Waals surface area contributed by atoms with Crippen molar-refractivity contribution in [2.24, 2.45) is 0 Å². The molecule has 0 spiro atoms. The van der Waals surface area contributed by atoms with E-state index in [1.54, 1.807) is 11.3 Å². The number of benzene rings is 2. The van der Waals surface area contributed by atoms with Gasteiger partial charge in [-0.1, -0.05) is 23.8 Å². The normalized spacial score (nSPS) is 11.0. The number of aromatic nitrogens is 1. The van der Waals surface area contributed by atoms with Crippen molar-refractivity contribution in [2.45, 2.75) is 13.8 Å². The zero-order valence-corrected chi connectivity index (χ0v) is 11.2. The molecule has 0 aliphatic rings. The van der Waals surface area contributed by atoms with Crippen LogP contribution in [-0.4, -0.2) is 4.98 Å². The van der Waals surface area contributed by atoms with Gasteiger partial charge in [-0.3, -0.25) is 0 Å². The molecule has 0 amide bonds. The predicted molar refractivity (Wildman–Crippen MR) is 78.9 cm³/mol. The van der Waals surface area contributed by atoms with E-state index in [0.29, 0.717) is 0 Å². The fourth-order valence-electron chi connectivity index (χ4n) is 2.14. The molecule has 1 heterocycles. The molecule has 2 nitrogen and oxygen atoms in total. The molecule has 0 unspecified atom stereocenters. The van der Waals surface area contributed by atoms with Gasteiger partial charge in [-0.15, -0.1) is 11.3 Å². The van der Waals surface area contributed by atoms with Crippen LogP contribution in [0.5, 0.6) is 0 Å². The number of para-hydroxylation sites is 1. The van der Waals surface area contributed by atoms with E-state index in [0.717, 1.165) is 27.3 Å². The molecule has 18 heavy (non-hydrogen) atoms. The lowest BCUT2D eigenvalue weighted by Crippen LogP contribution is -1.94. The molecule has 2 N–H and O–H groups in total. The summed E-state index contributed by atoms with van der Waals surface area (Å²) in [6.07, 6.45) is 0. The number of nitrogens with two attached hydrogens (primary N) is 1. The second kappa shape index (κ2) is 4.10. The predicted octanol–water partition coefficient (Wildman–Crippen LogP) is 4.16. The van der Waals surface area contributed by atoms with Crippen molar-refractivity contribution in [2.75, 3.05) is 5.73 Å². The topological polar surface area (TPSA) is 38.9 Å². The highest BCUT2D eigenvalue weighted by Gasteiger charge is 2.11. The Balaban J connectivity index is 2.26. The van der Waals surface area contributed by atoms with Crippen LogP contribution in [0.3, 0.4) is 0 Å². The summed E-state index contributed by atoms with van der Waals surface area (Å²) in [4.78, 5) is 4.66. The number of thiazole rings is 1. The van der Waals surface area contributed by atoms with Crippen LogP contribution in [0.4, 0.5) is 5.69 Å². The maximum absolute atomic E-state index is 6.17. The Hall–Kier alpha value is -1.87. The third-order valence-electron chi connectivity index (χ3n) is 3.06. The minimum absolute atomic E-state index is 0.833. The lowest BCUT2D eigenvalue weighted by atomic mass is 10.1. The highest BCUT2D eigenvalue weighted by Crippen LogP contribution is 2.35. The second-order valence-electron chi connectivity index (χ2n) is 4.53. The van der Waals surface area contributed by atoms with Crippen LogP contribution in [0, 0.1) is 13.8 Å². The zero-order valence-electron chi connectivity index (χ0n) is 10.4. The number of aryl methyl sites for hydroxylation is 2. The van der Waals surface area contributed by atoms with Crippen LogP contribution in [-0.2, 0) is 0 Å². The minimum Gasteiger partial charge on any atom is -0.398 e. The van der Waals surface area contributed by atoms with Crippen molar-refractivity contribution in [1.29, 1.82) is 0 Å². The summed E-state index contributed by atoms with van der Waals surface area (Å²) in [6, 6.07) is 12.4. The lowest BCUT2D eigenvalue weighted by Gasteiger charge is -2.07. The molecule has 3 heteroatoms. The smallest absolute Gasteiger partial charge is 0.126 e. The van der Waals surface area contributed by atoms with Gasteiger partial charge < -0.3 is 5.73 Å². The van der Waals surface area contributed by atoms with Crippen molar-refractivity contribution in [3.8, 4) is 10.6 Å². The molecule has 90 valence electrons. The third kappa shape index (κ3) is 1.77. The SMILES string of the molecule is Cc1cc(C)c(N)c(-c2nc3ccccc3s2)c1. The number of hydrogen-bond acceptors (Lipinski definition) is 3. The van der Waals surface area contributed by atoms with Gasteiger partial charge in [-0.05, 0) is 37.6 Å². The quantitative estimate of drug-likeness (QED) is 0.662. The lowest BCUT2D eigenvalue weighted by molar-refractivity contribution is 1.37. The first-order valence-corrected chi connectivity index (χ1v) is 6.69. The highest BCUT2D eigenvalue weighted by atomic mass is 32.1. The molecule has 2 aromatic carbocycles. The average molecular weight is 254 g/mol. The van der Waals surface area contributed by atoms with E-state index in [4.69, 9.17) is 5.73 Å². The maximum Gasteiger partial charge on any atom is 0.126 e. The summed E-state index contributed by atoms with van der Waals surface area (Å²) in [5.41, 5.74) is 11.4. The first kappa shape index (κ1) is 11.2. The molecule has 0 aliphatic heterocycles. The van der Waals surface area contributed by atoms with Crippen molar-refractivity contribution in [3.05, 3.63) is 47.5 Å². The molecular formula is C15H14N2S. The van der Waals surface area contributed by atoms with Gasteiger partial charge in [0.25, 0.3) is 0 Å². The first-order chi connectivity index (χ1) is 8.65. The van der Waals surface area contributed by atoms with Crippen LogP contribution in [0.2, 0.25) is 0 Å².